The van der Waals surface area contributed by atoms with E-state index in [2.05, 4.69) is 15.6 Å². The van der Waals surface area contributed by atoms with E-state index >= 15 is 0 Å². The van der Waals surface area contributed by atoms with Crippen molar-refractivity contribution in [2.75, 3.05) is 5.43 Å². The summed E-state index contributed by atoms with van der Waals surface area (Å²) in [7, 11) is -1.52. The number of carbonyl (C=O) groups excluding carboxylic acids is 1. The number of para-hydroxylation sites is 1. The average molecular weight is 398 g/mol. The zero-order valence-corrected chi connectivity index (χ0v) is 16.3. The van der Waals surface area contributed by atoms with Crippen LogP contribution in [0.1, 0.15) is 18.4 Å². The zero-order valence-electron chi connectivity index (χ0n) is 15.5. The minimum absolute atomic E-state index is 0.0659. The van der Waals surface area contributed by atoms with Crippen molar-refractivity contribution in [2.45, 2.75) is 30.2 Å². The molecule has 3 aromatic rings. The fourth-order valence-electron chi connectivity index (χ4n) is 3.13. The Hall–Kier alpha value is -2.84. The van der Waals surface area contributed by atoms with Gasteiger partial charge in [-0.2, -0.15) is 0 Å². The lowest BCUT2D eigenvalue weighted by Crippen LogP contribution is -2.30. The molecule has 1 fully saturated rings. The summed E-state index contributed by atoms with van der Waals surface area (Å²) in [6.45, 7) is 0. The third-order valence-corrected chi connectivity index (χ3v) is 6.28. The lowest BCUT2D eigenvalue weighted by molar-refractivity contribution is -0.119. The second kappa shape index (κ2) is 7.29. The molecule has 1 amide bonds. The highest BCUT2D eigenvalue weighted by atomic mass is 32.2. The standard InChI is InChI=1S/C20H22N4O3S/c1-24-13-14(18-4-2-3-5-19(18)24)12-20(25)22-21-15-8-10-17(11-9-15)28(26,27)23-16-6-7-16/h2-5,8-11,13,16,21,23H,6-7,12H2,1H3,(H,22,25). The fourth-order valence-corrected chi connectivity index (χ4v) is 4.44. The molecule has 146 valence electrons. The number of anilines is 1. The van der Waals surface area contributed by atoms with Crippen LogP contribution in [0.2, 0.25) is 0 Å². The first kappa shape index (κ1) is 18.5. The molecule has 0 bridgehead atoms. The van der Waals surface area contributed by atoms with Gasteiger partial charge in [-0.05, 0) is 48.7 Å². The van der Waals surface area contributed by atoms with Crippen LogP contribution in [0.15, 0.2) is 59.6 Å². The van der Waals surface area contributed by atoms with E-state index in [-0.39, 0.29) is 23.3 Å². The van der Waals surface area contributed by atoms with Crippen LogP contribution in [0.5, 0.6) is 0 Å². The number of benzene rings is 2. The number of aromatic nitrogens is 1. The topological polar surface area (TPSA) is 92.2 Å². The summed E-state index contributed by atoms with van der Waals surface area (Å²) >= 11 is 0. The maximum absolute atomic E-state index is 12.3. The summed E-state index contributed by atoms with van der Waals surface area (Å²) < 4.78 is 29.0. The second-order valence-electron chi connectivity index (χ2n) is 7.05. The van der Waals surface area contributed by atoms with Gasteiger partial charge in [0.25, 0.3) is 0 Å². The van der Waals surface area contributed by atoms with Gasteiger partial charge in [0.05, 0.1) is 17.0 Å². The summed E-state index contributed by atoms with van der Waals surface area (Å²) in [4.78, 5) is 12.5. The van der Waals surface area contributed by atoms with Gasteiger partial charge in [-0.3, -0.25) is 15.6 Å². The highest BCUT2D eigenvalue weighted by Gasteiger charge is 2.27. The van der Waals surface area contributed by atoms with Crippen LogP contribution in [-0.2, 0) is 28.3 Å². The molecule has 0 spiro atoms. The van der Waals surface area contributed by atoms with Crippen LogP contribution in [0, 0.1) is 0 Å². The van der Waals surface area contributed by atoms with Crippen LogP contribution in [0.25, 0.3) is 10.9 Å². The summed E-state index contributed by atoms with van der Waals surface area (Å²) in [6.07, 6.45) is 3.98. The molecule has 8 heteroatoms. The summed E-state index contributed by atoms with van der Waals surface area (Å²) in [6, 6.07) is 14.3. The Morgan fingerprint density at radius 2 is 1.82 bits per heavy atom. The molecular formula is C20H22N4O3S. The normalized spacial score (nSPS) is 14.2. The minimum atomic E-state index is -3.47. The second-order valence-corrected chi connectivity index (χ2v) is 8.77. The van der Waals surface area contributed by atoms with Gasteiger partial charge in [0.1, 0.15) is 0 Å². The van der Waals surface area contributed by atoms with Gasteiger partial charge < -0.3 is 4.57 Å². The van der Waals surface area contributed by atoms with E-state index in [1.165, 1.54) is 12.1 Å². The van der Waals surface area contributed by atoms with Crippen molar-refractivity contribution < 1.29 is 13.2 Å². The van der Waals surface area contributed by atoms with Crippen molar-refractivity contribution in [1.29, 1.82) is 0 Å². The first-order chi connectivity index (χ1) is 13.4. The van der Waals surface area contributed by atoms with Crippen LogP contribution < -0.4 is 15.6 Å². The Morgan fingerprint density at radius 1 is 1.11 bits per heavy atom. The number of hydrazine groups is 1. The molecule has 1 saturated carbocycles. The Morgan fingerprint density at radius 3 is 2.54 bits per heavy atom. The van der Waals surface area contributed by atoms with Gasteiger partial charge in [-0.25, -0.2) is 13.1 Å². The molecule has 0 aliphatic heterocycles. The number of hydrogen-bond acceptors (Lipinski definition) is 4. The number of hydrogen-bond donors (Lipinski definition) is 3. The maximum Gasteiger partial charge on any atom is 0.242 e. The van der Waals surface area contributed by atoms with Crippen LogP contribution >= 0.6 is 0 Å². The van der Waals surface area contributed by atoms with Crippen molar-refractivity contribution >= 4 is 32.5 Å². The van der Waals surface area contributed by atoms with Crippen molar-refractivity contribution in [3.63, 3.8) is 0 Å². The number of fused-ring (bicyclic) bond motifs is 1. The maximum atomic E-state index is 12.3. The third kappa shape index (κ3) is 4.02. The number of nitrogens with zero attached hydrogens (tertiary/aromatic N) is 1. The van der Waals surface area contributed by atoms with E-state index in [0.717, 1.165) is 29.3 Å². The number of sulfonamides is 1. The first-order valence-electron chi connectivity index (χ1n) is 9.12. The van der Waals surface area contributed by atoms with Gasteiger partial charge in [0.2, 0.25) is 15.9 Å². The number of amides is 1. The Kier molecular flexibility index (Phi) is 4.82. The van der Waals surface area contributed by atoms with Crippen LogP contribution in [-0.4, -0.2) is 24.9 Å². The first-order valence-corrected chi connectivity index (χ1v) is 10.6. The number of nitrogens with one attached hydrogen (secondary N) is 3. The van der Waals surface area contributed by atoms with Crippen LogP contribution in [0.3, 0.4) is 0 Å². The molecule has 1 aliphatic rings. The van der Waals surface area contributed by atoms with Crippen molar-refractivity contribution in [3.05, 3.63) is 60.3 Å². The van der Waals surface area contributed by atoms with Gasteiger partial charge in [0.15, 0.2) is 0 Å². The van der Waals surface area contributed by atoms with E-state index < -0.39 is 10.0 Å². The Balaban J connectivity index is 1.36. The Bertz CT molecular complexity index is 1120. The molecule has 0 atom stereocenters. The molecule has 4 rings (SSSR count). The molecule has 1 heterocycles. The highest BCUT2D eigenvalue weighted by molar-refractivity contribution is 7.89. The van der Waals surface area contributed by atoms with Gasteiger partial charge in [-0.15, -0.1) is 0 Å². The summed E-state index contributed by atoms with van der Waals surface area (Å²) in [5.74, 6) is -0.177. The van der Waals surface area contributed by atoms with Crippen molar-refractivity contribution in [2.24, 2.45) is 7.05 Å². The largest absolute Gasteiger partial charge is 0.350 e. The number of aryl methyl sites for hydroxylation is 1. The molecule has 0 unspecified atom stereocenters. The third-order valence-electron chi connectivity index (χ3n) is 4.74. The van der Waals surface area contributed by atoms with E-state index in [1.807, 2.05) is 42.1 Å². The average Bonchev–Trinajstić information content (AvgIpc) is 3.43. The quantitative estimate of drug-likeness (QED) is 0.533. The van der Waals surface area contributed by atoms with Gasteiger partial charge in [-0.1, -0.05) is 18.2 Å². The van der Waals surface area contributed by atoms with E-state index in [0.29, 0.717) is 5.69 Å². The van der Waals surface area contributed by atoms with Gasteiger partial charge >= 0.3 is 0 Å². The van der Waals surface area contributed by atoms with E-state index in [1.54, 1.807) is 12.1 Å². The van der Waals surface area contributed by atoms with Gasteiger partial charge in [0, 0.05) is 30.2 Å². The summed E-state index contributed by atoms with van der Waals surface area (Å²) in [5.41, 5.74) is 8.12. The lowest BCUT2D eigenvalue weighted by Gasteiger charge is -2.10. The lowest BCUT2D eigenvalue weighted by atomic mass is 10.1. The number of carbonyl (C=O) groups is 1. The Labute approximate surface area is 163 Å². The van der Waals surface area contributed by atoms with Crippen molar-refractivity contribution in [3.8, 4) is 0 Å². The smallest absolute Gasteiger partial charge is 0.242 e. The fraction of sp³-hybridized carbons (Fsp3) is 0.250. The molecule has 0 saturated heterocycles. The van der Waals surface area contributed by atoms with E-state index in [4.69, 9.17) is 0 Å². The van der Waals surface area contributed by atoms with Crippen molar-refractivity contribution in [1.82, 2.24) is 14.7 Å². The zero-order chi connectivity index (χ0) is 19.7. The molecule has 3 N–H and O–H groups in total. The summed E-state index contributed by atoms with van der Waals surface area (Å²) in [5, 5.41) is 1.05. The molecule has 2 aromatic carbocycles. The SMILES string of the molecule is Cn1cc(CC(=O)NNc2ccc(S(=O)(=O)NC3CC3)cc2)c2ccccc21. The van der Waals surface area contributed by atoms with Crippen LogP contribution in [0.4, 0.5) is 5.69 Å². The predicted octanol–water partition coefficient (Wildman–Crippen LogP) is 2.30. The molecular weight excluding hydrogens is 376 g/mol. The monoisotopic (exact) mass is 398 g/mol. The molecule has 28 heavy (non-hydrogen) atoms. The molecule has 0 radical (unpaired) electrons. The molecule has 1 aromatic heterocycles. The number of rotatable bonds is 7. The van der Waals surface area contributed by atoms with E-state index in [9.17, 15) is 13.2 Å². The molecule has 7 nitrogen and oxygen atoms in total. The predicted molar refractivity (Wildman–Crippen MR) is 108 cm³/mol. The highest BCUT2D eigenvalue weighted by Crippen LogP contribution is 2.23. The molecule has 1 aliphatic carbocycles. The minimum Gasteiger partial charge on any atom is -0.350 e.